The van der Waals surface area contributed by atoms with Crippen LogP contribution in [0.4, 0.5) is 0 Å². The number of benzene rings is 1. The van der Waals surface area contributed by atoms with Gasteiger partial charge in [-0.1, -0.05) is 29.5 Å². The van der Waals surface area contributed by atoms with Crippen molar-refractivity contribution >= 4 is 28.4 Å². The van der Waals surface area contributed by atoms with Gasteiger partial charge < -0.3 is 4.74 Å². The van der Waals surface area contributed by atoms with Crippen molar-refractivity contribution in [2.24, 2.45) is 0 Å². The molecule has 0 radical (unpaired) electrons. The molecule has 0 bridgehead atoms. The molecule has 2 heterocycles. The van der Waals surface area contributed by atoms with Crippen LogP contribution < -0.4 is 10.3 Å². The molecule has 0 atom stereocenters. The van der Waals surface area contributed by atoms with E-state index in [2.05, 4.69) is 10.1 Å². The standard InChI is InChI=1S/C14H11N3O2S/c1-19-12-5-3-2-4-10(12)6-7-11-8-13(18)17-14(16-11)20-9-15-17/h2-9H,1H3. The summed E-state index contributed by atoms with van der Waals surface area (Å²) in [7, 11) is 1.63. The Bertz CT molecular complexity index is 836. The molecule has 0 fully saturated rings. The highest BCUT2D eigenvalue weighted by atomic mass is 32.1. The Hall–Kier alpha value is -2.47. The van der Waals surface area contributed by atoms with Gasteiger partial charge in [0.1, 0.15) is 11.3 Å². The number of fused-ring (bicyclic) bond motifs is 1. The second kappa shape index (κ2) is 5.26. The zero-order chi connectivity index (χ0) is 13.9. The fourth-order valence-electron chi connectivity index (χ4n) is 1.84. The molecule has 0 spiro atoms. The van der Waals surface area contributed by atoms with Crippen LogP contribution in [0.25, 0.3) is 17.1 Å². The predicted octanol–water partition coefficient (Wildman–Crippen LogP) is 2.33. The molecule has 1 aromatic carbocycles. The Morgan fingerprint density at radius 2 is 2.15 bits per heavy atom. The maximum atomic E-state index is 11.8. The Kier molecular flexibility index (Phi) is 3.30. The van der Waals surface area contributed by atoms with Gasteiger partial charge in [0.25, 0.3) is 5.56 Å². The van der Waals surface area contributed by atoms with Gasteiger partial charge in [-0.3, -0.25) is 4.79 Å². The molecule has 5 nitrogen and oxygen atoms in total. The van der Waals surface area contributed by atoms with Crippen molar-refractivity contribution in [2.75, 3.05) is 7.11 Å². The lowest BCUT2D eigenvalue weighted by atomic mass is 10.2. The van der Waals surface area contributed by atoms with Gasteiger partial charge in [0.15, 0.2) is 0 Å². The predicted molar refractivity (Wildman–Crippen MR) is 79.1 cm³/mol. The van der Waals surface area contributed by atoms with Crippen molar-refractivity contribution in [3.05, 3.63) is 57.5 Å². The molecule has 0 N–H and O–H groups in total. The van der Waals surface area contributed by atoms with Gasteiger partial charge in [0, 0.05) is 11.6 Å². The van der Waals surface area contributed by atoms with E-state index >= 15 is 0 Å². The molecular formula is C14H11N3O2S. The SMILES string of the molecule is COc1ccccc1C=Cc1cc(=O)n2ncsc2n1. The van der Waals surface area contributed by atoms with E-state index in [1.807, 2.05) is 30.3 Å². The highest BCUT2D eigenvalue weighted by molar-refractivity contribution is 7.14. The van der Waals surface area contributed by atoms with Crippen molar-refractivity contribution in [1.82, 2.24) is 14.6 Å². The van der Waals surface area contributed by atoms with E-state index in [4.69, 9.17) is 4.74 Å². The second-order valence-electron chi connectivity index (χ2n) is 4.03. The minimum atomic E-state index is -0.184. The number of nitrogens with zero attached hydrogens (tertiary/aromatic N) is 3. The quantitative estimate of drug-likeness (QED) is 0.741. The van der Waals surface area contributed by atoms with Gasteiger partial charge in [-0.2, -0.15) is 9.61 Å². The third kappa shape index (κ3) is 2.33. The van der Waals surface area contributed by atoms with Crippen molar-refractivity contribution < 1.29 is 4.74 Å². The highest BCUT2D eigenvalue weighted by Gasteiger charge is 2.02. The van der Waals surface area contributed by atoms with Crippen LogP contribution in [-0.2, 0) is 0 Å². The molecule has 3 aromatic rings. The largest absolute Gasteiger partial charge is 0.496 e. The number of rotatable bonds is 3. The first-order valence-electron chi connectivity index (χ1n) is 5.92. The first-order chi connectivity index (χ1) is 9.78. The number of para-hydroxylation sites is 1. The summed E-state index contributed by atoms with van der Waals surface area (Å²) in [6, 6.07) is 9.11. The number of aromatic nitrogens is 3. The molecule has 0 aliphatic heterocycles. The fourth-order valence-corrected chi connectivity index (χ4v) is 2.47. The first-order valence-corrected chi connectivity index (χ1v) is 6.80. The molecule has 0 aliphatic carbocycles. The lowest BCUT2D eigenvalue weighted by Crippen LogP contribution is -2.13. The van der Waals surface area contributed by atoms with Gasteiger partial charge in [-0.15, -0.1) is 0 Å². The molecule has 6 heteroatoms. The van der Waals surface area contributed by atoms with Crippen molar-refractivity contribution in [1.29, 1.82) is 0 Å². The third-order valence-corrected chi connectivity index (χ3v) is 3.45. The monoisotopic (exact) mass is 285 g/mol. The first kappa shape index (κ1) is 12.6. The lowest BCUT2D eigenvalue weighted by molar-refractivity contribution is 0.414. The second-order valence-corrected chi connectivity index (χ2v) is 4.84. The van der Waals surface area contributed by atoms with E-state index in [1.54, 1.807) is 18.7 Å². The molecule has 20 heavy (non-hydrogen) atoms. The van der Waals surface area contributed by atoms with Crippen molar-refractivity contribution in [2.45, 2.75) is 0 Å². The Labute approximate surface area is 118 Å². The smallest absolute Gasteiger partial charge is 0.275 e. The summed E-state index contributed by atoms with van der Waals surface area (Å²) < 4.78 is 6.55. The van der Waals surface area contributed by atoms with Crippen LogP contribution in [0.2, 0.25) is 0 Å². The molecule has 3 rings (SSSR count). The number of methoxy groups -OCH3 is 1. The van der Waals surface area contributed by atoms with Gasteiger partial charge in [-0.05, 0) is 18.2 Å². The minimum Gasteiger partial charge on any atom is -0.496 e. The molecule has 0 amide bonds. The molecule has 0 saturated carbocycles. The van der Waals surface area contributed by atoms with E-state index in [-0.39, 0.29) is 5.56 Å². The van der Waals surface area contributed by atoms with Crippen LogP contribution in [-0.4, -0.2) is 21.7 Å². The zero-order valence-corrected chi connectivity index (χ0v) is 11.5. The van der Waals surface area contributed by atoms with E-state index < -0.39 is 0 Å². The van der Waals surface area contributed by atoms with Crippen LogP contribution in [0, 0.1) is 0 Å². The number of hydrogen-bond donors (Lipinski definition) is 0. The summed E-state index contributed by atoms with van der Waals surface area (Å²) in [4.78, 5) is 16.7. The molecule has 0 saturated heterocycles. The molecule has 100 valence electrons. The summed E-state index contributed by atoms with van der Waals surface area (Å²) in [5.41, 5.74) is 2.94. The summed E-state index contributed by atoms with van der Waals surface area (Å²) in [6.45, 7) is 0. The normalized spacial score (nSPS) is 11.2. The topological polar surface area (TPSA) is 56.5 Å². The Balaban J connectivity index is 2.00. The number of ether oxygens (including phenoxy) is 1. The summed E-state index contributed by atoms with van der Waals surface area (Å²) in [5, 5.41) is 3.92. The van der Waals surface area contributed by atoms with E-state index in [9.17, 15) is 4.79 Å². The van der Waals surface area contributed by atoms with Gasteiger partial charge in [0.05, 0.1) is 12.8 Å². The molecule has 0 aliphatic rings. The molecular weight excluding hydrogens is 274 g/mol. The Morgan fingerprint density at radius 3 is 3.00 bits per heavy atom. The number of hydrogen-bond acceptors (Lipinski definition) is 5. The minimum absolute atomic E-state index is 0.184. The van der Waals surface area contributed by atoms with Gasteiger partial charge in [0.2, 0.25) is 4.96 Å². The van der Waals surface area contributed by atoms with Gasteiger partial charge >= 0.3 is 0 Å². The highest BCUT2D eigenvalue weighted by Crippen LogP contribution is 2.19. The van der Waals surface area contributed by atoms with Crippen LogP contribution in [0.1, 0.15) is 11.3 Å². The fraction of sp³-hybridized carbons (Fsp3) is 0.0714. The average Bonchev–Trinajstić information content (AvgIpc) is 2.94. The maximum absolute atomic E-state index is 11.8. The van der Waals surface area contributed by atoms with Crippen molar-refractivity contribution in [3.63, 3.8) is 0 Å². The molecule has 0 unspecified atom stereocenters. The van der Waals surface area contributed by atoms with Gasteiger partial charge in [-0.25, -0.2) is 4.98 Å². The van der Waals surface area contributed by atoms with E-state index in [0.29, 0.717) is 10.7 Å². The molecule has 2 aromatic heterocycles. The van der Waals surface area contributed by atoms with E-state index in [1.165, 1.54) is 21.9 Å². The average molecular weight is 285 g/mol. The summed E-state index contributed by atoms with van der Waals surface area (Å²) in [6.07, 6.45) is 3.66. The lowest BCUT2D eigenvalue weighted by Gasteiger charge is -2.03. The zero-order valence-electron chi connectivity index (χ0n) is 10.7. The Morgan fingerprint density at radius 1 is 1.30 bits per heavy atom. The summed E-state index contributed by atoms with van der Waals surface area (Å²) in [5.74, 6) is 0.777. The van der Waals surface area contributed by atoms with Crippen LogP contribution in [0.3, 0.4) is 0 Å². The van der Waals surface area contributed by atoms with Crippen LogP contribution >= 0.6 is 11.3 Å². The van der Waals surface area contributed by atoms with Crippen LogP contribution in [0.15, 0.2) is 40.6 Å². The third-order valence-electron chi connectivity index (χ3n) is 2.78. The van der Waals surface area contributed by atoms with E-state index in [0.717, 1.165) is 11.3 Å². The maximum Gasteiger partial charge on any atom is 0.275 e. The van der Waals surface area contributed by atoms with Crippen LogP contribution in [0.5, 0.6) is 5.75 Å². The van der Waals surface area contributed by atoms with Crippen molar-refractivity contribution in [3.8, 4) is 5.75 Å². The summed E-state index contributed by atoms with van der Waals surface area (Å²) >= 11 is 1.33.